The zero-order chi connectivity index (χ0) is 23.2. The van der Waals surface area contributed by atoms with Gasteiger partial charge in [-0.1, -0.05) is 23.4 Å². The number of para-hydroxylation sites is 1. The Morgan fingerprint density at radius 3 is 2.82 bits per heavy atom. The number of carbonyl (C=O) groups is 1. The van der Waals surface area contributed by atoms with Crippen molar-refractivity contribution in [2.75, 3.05) is 24.5 Å². The summed E-state index contributed by atoms with van der Waals surface area (Å²) >= 11 is 0. The summed E-state index contributed by atoms with van der Waals surface area (Å²) in [6.45, 7) is 3.32. The molecule has 0 radical (unpaired) electrons. The Bertz CT molecular complexity index is 1200. The van der Waals surface area contributed by atoms with Gasteiger partial charge < -0.3 is 30.1 Å². The number of aromatic nitrogens is 3. The van der Waals surface area contributed by atoms with Gasteiger partial charge in [-0.25, -0.2) is 4.79 Å². The molecule has 1 aromatic heterocycles. The van der Waals surface area contributed by atoms with Crippen molar-refractivity contribution >= 4 is 29.3 Å². The molecule has 0 atom stereocenters. The van der Waals surface area contributed by atoms with Gasteiger partial charge in [-0.3, -0.25) is 0 Å². The number of nitrogens with one attached hydrogen (secondary N) is 1. The minimum atomic E-state index is -0.635. The summed E-state index contributed by atoms with van der Waals surface area (Å²) in [6.07, 6.45) is 0. The van der Waals surface area contributed by atoms with Crippen LogP contribution < -0.4 is 20.5 Å². The van der Waals surface area contributed by atoms with Gasteiger partial charge in [0.15, 0.2) is 23.9 Å². The van der Waals surface area contributed by atoms with Crippen molar-refractivity contribution in [1.29, 1.82) is 0 Å². The number of nitrogen functional groups attached to an aromatic ring is 1. The van der Waals surface area contributed by atoms with E-state index < -0.39 is 5.97 Å². The molecule has 11 heteroatoms. The largest absolute Gasteiger partial charge is 0.455 e. The Kier molecular flexibility index (Phi) is 6.48. The van der Waals surface area contributed by atoms with Crippen molar-refractivity contribution in [3.63, 3.8) is 0 Å². The molecule has 0 fully saturated rings. The van der Waals surface area contributed by atoms with Crippen molar-refractivity contribution in [2.24, 2.45) is 5.16 Å². The number of nitrogens with two attached hydrogens (primary N) is 1. The topological polar surface area (TPSA) is 143 Å². The summed E-state index contributed by atoms with van der Waals surface area (Å²) < 4.78 is 15.8. The first-order chi connectivity index (χ1) is 16.0. The Balaban J connectivity index is 1.29. The number of fused-ring (bicyclic) bond motifs is 1. The highest BCUT2D eigenvalue weighted by atomic mass is 16.7. The smallest absolute Gasteiger partial charge is 0.347 e. The molecule has 0 saturated heterocycles. The average molecular weight is 450 g/mol. The molecule has 3 aromatic rings. The summed E-state index contributed by atoms with van der Waals surface area (Å²) in [5.41, 5.74) is 8.95. The maximum atomic E-state index is 12.0. The fourth-order valence-corrected chi connectivity index (χ4v) is 2.93. The van der Waals surface area contributed by atoms with Gasteiger partial charge in [0.05, 0.1) is 5.71 Å². The van der Waals surface area contributed by atoms with E-state index in [9.17, 15) is 4.79 Å². The SMILES string of the molecule is C/C(=N/OCC(=O)OCc1nc(N)nc(Nc2ccccc2C)n1)c1ccc2c(c1)OCO2. The molecule has 1 aliphatic heterocycles. The Labute approximate surface area is 189 Å². The van der Waals surface area contributed by atoms with Crippen LogP contribution in [0.5, 0.6) is 11.5 Å². The van der Waals surface area contributed by atoms with Crippen LogP contribution >= 0.6 is 0 Å². The number of oxime groups is 1. The zero-order valence-corrected chi connectivity index (χ0v) is 18.1. The van der Waals surface area contributed by atoms with E-state index >= 15 is 0 Å². The fraction of sp³-hybridized carbons (Fsp3) is 0.227. The molecule has 170 valence electrons. The van der Waals surface area contributed by atoms with Crippen LogP contribution in [0.4, 0.5) is 17.6 Å². The third-order valence-electron chi connectivity index (χ3n) is 4.63. The van der Waals surface area contributed by atoms with Gasteiger partial charge in [0.25, 0.3) is 0 Å². The second-order valence-corrected chi connectivity index (χ2v) is 7.05. The number of anilines is 3. The van der Waals surface area contributed by atoms with Crippen LogP contribution in [0.1, 0.15) is 23.9 Å². The summed E-state index contributed by atoms with van der Waals surface area (Å²) in [6, 6.07) is 13.0. The number of nitrogens with zero attached hydrogens (tertiary/aromatic N) is 4. The fourth-order valence-electron chi connectivity index (χ4n) is 2.93. The normalized spacial score (nSPS) is 12.4. The van der Waals surface area contributed by atoms with Gasteiger partial charge in [0, 0.05) is 11.3 Å². The van der Waals surface area contributed by atoms with Crippen LogP contribution in [0, 0.1) is 6.92 Å². The molecule has 11 nitrogen and oxygen atoms in total. The van der Waals surface area contributed by atoms with E-state index in [0.29, 0.717) is 17.2 Å². The second-order valence-electron chi connectivity index (χ2n) is 7.05. The van der Waals surface area contributed by atoms with E-state index in [1.807, 2.05) is 37.3 Å². The van der Waals surface area contributed by atoms with Gasteiger partial charge in [-0.2, -0.15) is 15.0 Å². The van der Waals surface area contributed by atoms with Gasteiger partial charge in [0.1, 0.15) is 0 Å². The second kappa shape index (κ2) is 9.81. The quantitative estimate of drug-likeness (QED) is 0.299. The van der Waals surface area contributed by atoms with Crippen LogP contribution in [-0.4, -0.2) is 40.0 Å². The first-order valence-corrected chi connectivity index (χ1v) is 10.0. The molecule has 3 N–H and O–H groups in total. The Hall–Kier alpha value is -4.41. The van der Waals surface area contributed by atoms with Crippen molar-refractivity contribution < 1.29 is 23.8 Å². The maximum Gasteiger partial charge on any atom is 0.347 e. The van der Waals surface area contributed by atoms with Crippen molar-refractivity contribution in [1.82, 2.24) is 15.0 Å². The highest BCUT2D eigenvalue weighted by Gasteiger charge is 2.14. The summed E-state index contributed by atoms with van der Waals surface area (Å²) in [5.74, 6) is 1.13. The molecule has 0 aliphatic carbocycles. The maximum absolute atomic E-state index is 12.0. The number of esters is 1. The molecule has 33 heavy (non-hydrogen) atoms. The molecule has 4 rings (SSSR count). The van der Waals surface area contributed by atoms with E-state index in [2.05, 4.69) is 25.4 Å². The number of carbonyl (C=O) groups excluding carboxylic acids is 1. The van der Waals surface area contributed by atoms with E-state index in [1.165, 1.54) is 0 Å². The lowest BCUT2D eigenvalue weighted by atomic mass is 10.1. The lowest BCUT2D eigenvalue weighted by Gasteiger charge is -2.09. The molecule has 0 spiro atoms. The van der Waals surface area contributed by atoms with Crippen LogP contribution in [0.3, 0.4) is 0 Å². The van der Waals surface area contributed by atoms with E-state index in [0.717, 1.165) is 16.8 Å². The van der Waals surface area contributed by atoms with Crippen molar-refractivity contribution in [2.45, 2.75) is 20.5 Å². The number of hydrogen-bond acceptors (Lipinski definition) is 11. The van der Waals surface area contributed by atoms with Gasteiger partial charge in [-0.15, -0.1) is 0 Å². The van der Waals surface area contributed by atoms with E-state index in [1.54, 1.807) is 19.1 Å². The van der Waals surface area contributed by atoms with E-state index in [4.69, 9.17) is 24.8 Å². The predicted octanol–water partition coefficient (Wildman–Crippen LogP) is 2.72. The first kappa shape index (κ1) is 21.8. The molecule has 0 bridgehead atoms. The zero-order valence-electron chi connectivity index (χ0n) is 18.1. The minimum Gasteiger partial charge on any atom is -0.455 e. The molecular formula is C22H22N6O5. The molecule has 2 aromatic carbocycles. The van der Waals surface area contributed by atoms with E-state index in [-0.39, 0.29) is 37.7 Å². The van der Waals surface area contributed by atoms with Gasteiger partial charge >= 0.3 is 5.97 Å². The predicted molar refractivity (Wildman–Crippen MR) is 119 cm³/mol. The standard InChI is InChI=1S/C22H22N6O5/c1-13-5-3-4-6-16(13)24-22-26-19(25-21(23)27-22)10-30-20(29)11-33-28-14(2)15-7-8-17-18(9-15)32-12-31-17/h3-9H,10-12H2,1-2H3,(H3,23,24,25,26,27)/b28-14-. The van der Waals surface area contributed by atoms with Crippen LogP contribution in [0.25, 0.3) is 0 Å². The summed E-state index contributed by atoms with van der Waals surface area (Å²) in [5, 5.41) is 7.02. The molecule has 0 saturated carbocycles. The van der Waals surface area contributed by atoms with Crippen LogP contribution in [-0.2, 0) is 21.0 Å². The number of aryl methyl sites for hydroxylation is 1. The molecule has 2 heterocycles. The molecular weight excluding hydrogens is 428 g/mol. The number of ether oxygens (including phenoxy) is 3. The lowest BCUT2D eigenvalue weighted by Crippen LogP contribution is -2.14. The summed E-state index contributed by atoms with van der Waals surface area (Å²) in [7, 11) is 0. The third-order valence-corrected chi connectivity index (χ3v) is 4.63. The Morgan fingerprint density at radius 2 is 1.97 bits per heavy atom. The first-order valence-electron chi connectivity index (χ1n) is 10.0. The molecule has 1 aliphatic rings. The van der Waals surface area contributed by atoms with Crippen LogP contribution in [0.15, 0.2) is 47.6 Å². The van der Waals surface area contributed by atoms with Crippen molar-refractivity contribution in [3.05, 3.63) is 59.4 Å². The average Bonchev–Trinajstić information content (AvgIpc) is 3.27. The monoisotopic (exact) mass is 450 g/mol. The van der Waals surface area contributed by atoms with Crippen LogP contribution in [0.2, 0.25) is 0 Å². The lowest BCUT2D eigenvalue weighted by molar-refractivity contribution is -0.150. The summed E-state index contributed by atoms with van der Waals surface area (Å²) in [4.78, 5) is 29.4. The molecule has 0 unspecified atom stereocenters. The highest BCUT2D eigenvalue weighted by molar-refractivity contribution is 5.99. The Morgan fingerprint density at radius 1 is 1.15 bits per heavy atom. The van der Waals surface area contributed by atoms with Gasteiger partial charge in [0.2, 0.25) is 25.3 Å². The number of benzene rings is 2. The molecule has 0 amide bonds. The number of hydrogen-bond donors (Lipinski definition) is 2. The van der Waals surface area contributed by atoms with Crippen molar-refractivity contribution in [3.8, 4) is 11.5 Å². The third kappa shape index (κ3) is 5.64. The van der Waals surface area contributed by atoms with Gasteiger partial charge in [-0.05, 0) is 43.7 Å². The minimum absolute atomic E-state index is 0.00679. The highest BCUT2D eigenvalue weighted by Crippen LogP contribution is 2.32. The number of rotatable bonds is 8.